The van der Waals surface area contributed by atoms with E-state index in [4.69, 9.17) is 11.6 Å². The average Bonchev–Trinajstić information content (AvgIpc) is 2.80. The summed E-state index contributed by atoms with van der Waals surface area (Å²) in [7, 11) is 0. The summed E-state index contributed by atoms with van der Waals surface area (Å²) in [5, 5.41) is 3.51. The molecule has 8 heteroatoms. The highest BCUT2D eigenvalue weighted by Crippen LogP contribution is 2.33. The highest BCUT2D eigenvalue weighted by Gasteiger charge is 2.21. The van der Waals surface area contributed by atoms with Gasteiger partial charge in [-0.2, -0.15) is 0 Å². The molecular formula is C24H27ClN4O3. The minimum absolute atomic E-state index is 0.278. The molecule has 2 aromatic carbocycles. The van der Waals surface area contributed by atoms with E-state index in [9.17, 15) is 14.4 Å². The maximum atomic E-state index is 13.0. The zero-order valence-corrected chi connectivity index (χ0v) is 19.1. The molecule has 32 heavy (non-hydrogen) atoms. The van der Waals surface area contributed by atoms with Crippen molar-refractivity contribution in [1.82, 2.24) is 9.13 Å². The van der Waals surface area contributed by atoms with Crippen LogP contribution in [0.5, 0.6) is 0 Å². The van der Waals surface area contributed by atoms with Crippen molar-refractivity contribution in [3.05, 3.63) is 67.7 Å². The van der Waals surface area contributed by atoms with E-state index in [-0.39, 0.29) is 5.91 Å². The number of rotatable bonds is 5. The number of aryl methyl sites for hydroxylation is 2. The summed E-state index contributed by atoms with van der Waals surface area (Å²) in [6, 6.07) is 10.5. The molecule has 1 saturated heterocycles. The van der Waals surface area contributed by atoms with Crippen molar-refractivity contribution < 1.29 is 4.79 Å². The van der Waals surface area contributed by atoms with Gasteiger partial charge >= 0.3 is 11.1 Å². The molecule has 2 heterocycles. The number of carbonyl (C=O) groups is 1. The predicted octanol–water partition coefficient (Wildman–Crippen LogP) is 4.10. The molecule has 0 aliphatic carbocycles. The van der Waals surface area contributed by atoms with E-state index < -0.39 is 11.1 Å². The number of hydrogen-bond donors (Lipinski definition) is 1. The summed E-state index contributed by atoms with van der Waals surface area (Å²) in [5.41, 5.74) is 2.17. The largest absolute Gasteiger partial charge is 0.370 e. The third-order valence-corrected chi connectivity index (χ3v) is 6.25. The second-order valence-electron chi connectivity index (χ2n) is 7.97. The van der Waals surface area contributed by atoms with Gasteiger partial charge in [-0.15, -0.1) is 0 Å². The number of nitrogens with zero attached hydrogens (tertiary/aromatic N) is 3. The Morgan fingerprint density at radius 1 is 0.938 bits per heavy atom. The Hall–Kier alpha value is -3.06. The molecule has 0 unspecified atom stereocenters. The highest BCUT2D eigenvalue weighted by molar-refractivity contribution is 6.31. The van der Waals surface area contributed by atoms with Gasteiger partial charge in [0.05, 0.1) is 22.4 Å². The van der Waals surface area contributed by atoms with E-state index in [0.717, 1.165) is 31.6 Å². The zero-order valence-electron chi connectivity index (χ0n) is 18.4. The number of benzene rings is 2. The second-order valence-corrected chi connectivity index (χ2v) is 8.41. The van der Waals surface area contributed by atoms with Gasteiger partial charge in [0.25, 0.3) is 5.91 Å². The third-order valence-electron chi connectivity index (χ3n) is 6.01. The summed E-state index contributed by atoms with van der Waals surface area (Å²) in [6.45, 7) is 6.18. The number of fused-ring (bicyclic) bond motifs is 1. The van der Waals surface area contributed by atoms with Gasteiger partial charge in [-0.05, 0) is 63.4 Å². The van der Waals surface area contributed by atoms with E-state index in [0.29, 0.717) is 40.4 Å². The van der Waals surface area contributed by atoms with Crippen LogP contribution in [0.2, 0.25) is 5.02 Å². The number of anilines is 2. The van der Waals surface area contributed by atoms with E-state index in [1.165, 1.54) is 15.6 Å². The van der Waals surface area contributed by atoms with Gasteiger partial charge in [0, 0.05) is 36.8 Å². The van der Waals surface area contributed by atoms with Crippen molar-refractivity contribution in [3.8, 4) is 0 Å². The minimum atomic E-state index is -0.556. The van der Waals surface area contributed by atoms with E-state index >= 15 is 0 Å². The van der Waals surface area contributed by atoms with E-state index in [1.807, 2.05) is 26.0 Å². The molecule has 1 N–H and O–H groups in total. The van der Waals surface area contributed by atoms with Crippen LogP contribution in [0, 0.1) is 0 Å². The first kappa shape index (κ1) is 22.1. The first-order chi connectivity index (χ1) is 15.4. The summed E-state index contributed by atoms with van der Waals surface area (Å²) in [6.07, 6.45) is 3.30. The molecule has 4 rings (SSSR count). The molecule has 1 fully saturated rings. The predicted molar refractivity (Wildman–Crippen MR) is 129 cm³/mol. The summed E-state index contributed by atoms with van der Waals surface area (Å²) in [4.78, 5) is 40.6. The van der Waals surface area contributed by atoms with Gasteiger partial charge < -0.3 is 19.4 Å². The smallest absolute Gasteiger partial charge is 0.316 e. The highest BCUT2D eigenvalue weighted by atomic mass is 35.5. The Bertz CT molecular complexity index is 1290. The average molecular weight is 455 g/mol. The van der Waals surface area contributed by atoms with Gasteiger partial charge in [0.15, 0.2) is 0 Å². The molecule has 1 amide bonds. The Labute approximate surface area is 191 Å². The quantitative estimate of drug-likeness (QED) is 0.589. The normalized spacial score (nSPS) is 14.0. The lowest BCUT2D eigenvalue weighted by Gasteiger charge is -2.31. The molecule has 1 aromatic heterocycles. The van der Waals surface area contributed by atoms with Crippen molar-refractivity contribution in [1.29, 1.82) is 0 Å². The fourth-order valence-corrected chi connectivity index (χ4v) is 4.59. The lowest BCUT2D eigenvalue weighted by Crippen LogP contribution is -2.41. The molecule has 0 atom stereocenters. The topological polar surface area (TPSA) is 76.3 Å². The van der Waals surface area contributed by atoms with Crippen LogP contribution in [0.25, 0.3) is 11.0 Å². The summed E-state index contributed by atoms with van der Waals surface area (Å²) in [5.74, 6) is -0.278. The van der Waals surface area contributed by atoms with Crippen LogP contribution in [-0.2, 0) is 13.1 Å². The Morgan fingerprint density at radius 3 is 2.16 bits per heavy atom. The molecule has 0 saturated carbocycles. The first-order valence-electron chi connectivity index (χ1n) is 11.1. The zero-order chi connectivity index (χ0) is 22.8. The van der Waals surface area contributed by atoms with Crippen molar-refractivity contribution in [3.63, 3.8) is 0 Å². The lowest BCUT2D eigenvalue weighted by atomic mass is 10.1. The monoisotopic (exact) mass is 454 g/mol. The van der Waals surface area contributed by atoms with Gasteiger partial charge in [-0.25, -0.2) is 0 Å². The molecule has 168 valence electrons. The lowest BCUT2D eigenvalue weighted by molar-refractivity contribution is 0.102. The number of carbonyl (C=O) groups excluding carboxylic acids is 1. The van der Waals surface area contributed by atoms with Crippen molar-refractivity contribution >= 4 is 39.9 Å². The first-order valence-corrected chi connectivity index (χ1v) is 11.5. The van der Waals surface area contributed by atoms with Crippen LogP contribution >= 0.6 is 11.6 Å². The number of halogens is 1. The Morgan fingerprint density at radius 2 is 1.56 bits per heavy atom. The van der Waals surface area contributed by atoms with Gasteiger partial charge in [0.2, 0.25) is 0 Å². The maximum absolute atomic E-state index is 13.0. The Kier molecular flexibility index (Phi) is 6.37. The molecule has 3 aromatic rings. The molecule has 7 nitrogen and oxygen atoms in total. The minimum Gasteiger partial charge on any atom is -0.370 e. The van der Waals surface area contributed by atoms with Crippen molar-refractivity contribution in [2.24, 2.45) is 0 Å². The van der Waals surface area contributed by atoms with E-state index in [1.54, 1.807) is 24.3 Å². The second kappa shape index (κ2) is 9.20. The SMILES string of the molecule is CCn1c(=O)c(=O)n(CC)c2cc(N3CCCCC3)c(NC(=O)c3cccc(Cl)c3)cc21. The molecule has 0 spiro atoms. The number of aromatic nitrogens is 2. The standard InChI is InChI=1S/C24H27ClN4O3/c1-3-28-20-14-18(26-22(30)16-9-8-10-17(25)13-16)19(27-11-6-5-7-12-27)15-21(20)29(4-2)24(32)23(28)31/h8-10,13-15H,3-7,11-12H2,1-2H3,(H,26,30). The Balaban J connectivity index is 1.92. The maximum Gasteiger partial charge on any atom is 0.316 e. The molecule has 1 aliphatic heterocycles. The molecular weight excluding hydrogens is 428 g/mol. The van der Waals surface area contributed by atoms with Crippen molar-refractivity contribution in [2.45, 2.75) is 46.2 Å². The molecule has 1 aliphatic rings. The summed E-state index contributed by atoms with van der Waals surface area (Å²) < 4.78 is 2.98. The third kappa shape index (κ3) is 4.05. The fourth-order valence-electron chi connectivity index (χ4n) is 4.40. The number of hydrogen-bond acceptors (Lipinski definition) is 4. The van der Waals surface area contributed by atoms with Gasteiger partial charge in [-0.1, -0.05) is 17.7 Å². The van der Waals surface area contributed by atoms with Crippen LogP contribution in [0.3, 0.4) is 0 Å². The molecule has 0 bridgehead atoms. The van der Waals surface area contributed by atoms with Gasteiger partial charge in [-0.3, -0.25) is 14.4 Å². The van der Waals surface area contributed by atoms with Crippen LogP contribution in [0.1, 0.15) is 43.5 Å². The van der Waals surface area contributed by atoms with Crippen molar-refractivity contribution in [2.75, 3.05) is 23.3 Å². The number of nitrogens with one attached hydrogen (secondary N) is 1. The van der Waals surface area contributed by atoms with Gasteiger partial charge in [0.1, 0.15) is 0 Å². The van der Waals surface area contributed by atoms with Crippen LogP contribution in [0.4, 0.5) is 11.4 Å². The summed E-state index contributed by atoms with van der Waals surface area (Å²) >= 11 is 6.07. The number of amides is 1. The van der Waals surface area contributed by atoms with Crippen LogP contribution in [-0.4, -0.2) is 28.1 Å². The van der Waals surface area contributed by atoms with Crippen LogP contribution in [0.15, 0.2) is 46.0 Å². The van der Waals surface area contributed by atoms with E-state index in [2.05, 4.69) is 10.2 Å². The fraction of sp³-hybridized carbons (Fsp3) is 0.375. The molecule has 0 radical (unpaired) electrons. The number of piperidine rings is 1. The van der Waals surface area contributed by atoms with Crippen LogP contribution < -0.4 is 21.3 Å².